The van der Waals surface area contributed by atoms with Crippen molar-refractivity contribution >= 4 is 23.5 Å². The van der Waals surface area contributed by atoms with Crippen molar-refractivity contribution in [3.8, 4) is 51.0 Å². The lowest BCUT2D eigenvalue weighted by Gasteiger charge is -2.25. The summed E-state index contributed by atoms with van der Waals surface area (Å²) in [5.74, 6) is 1.96. The summed E-state index contributed by atoms with van der Waals surface area (Å²) >= 11 is 0. The van der Waals surface area contributed by atoms with E-state index in [0.717, 1.165) is 64.9 Å². The molecule has 51 heavy (non-hydrogen) atoms. The molecule has 0 saturated heterocycles. The van der Waals surface area contributed by atoms with Gasteiger partial charge in [0.1, 0.15) is 0 Å². The Labute approximate surface area is 299 Å². The number of anilines is 2. The van der Waals surface area contributed by atoms with Crippen LogP contribution in [0.15, 0.2) is 146 Å². The second-order valence-corrected chi connectivity index (χ2v) is 13.2. The largest absolute Gasteiger partial charge is 0.344 e. The molecule has 9 rings (SSSR count). The summed E-state index contributed by atoms with van der Waals surface area (Å²) in [7, 11) is 2.16. The van der Waals surface area contributed by atoms with Gasteiger partial charge in [-0.25, -0.2) is 15.0 Å². The van der Waals surface area contributed by atoms with Crippen molar-refractivity contribution < 1.29 is 0 Å². The molecule has 0 radical (unpaired) electrons. The Hall–Kier alpha value is -6.33. The number of para-hydroxylation sites is 1. The molecule has 0 saturated carbocycles. The van der Waals surface area contributed by atoms with E-state index >= 15 is 0 Å². The van der Waals surface area contributed by atoms with Crippen LogP contribution >= 0.6 is 0 Å². The highest BCUT2D eigenvalue weighted by Gasteiger charge is 2.24. The van der Waals surface area contributed by atoms with Crippen molar-refractivity contribution in [2.24, 2.45) is 0 Å². The molecular weight excluding hydrogens is 623 g/mol. The first-order valence-electron chi connectivity index (χ1n) is 17.7. The third-order valence-electron chi connectivity index (χ3n) is 10.0. The molecule has 0 unspecified atom stereocenters. The van der Waals surface area contributed by atoms with Gasteiger partial charge in [0.05, 0.1) is 5.69 Å². The molecule has 0 atom stereocenters. The molecule has 0 amide bonds. The van der Waals surface area contributed by atoms with Crippen LogP contribution < -0.4 is 4.90 Å². The van der Waals surface area contributed by atoms with Crippen molar-refractivity contribution in [1.82, 2.24) is 19.5 Å². The molecule has 5 heteroatoms. The van der Waals surface area contributed by atoms with E-state index < -0.39 is 0 Å². The fourth-order valence-electron chi connectivity index (χ4n) is 7.45. The number of hydrogen-bond acceptors (Lipinski definition) is 4. The molecular formula is C46H37N5. The zero-order valence-corrected chi connectivity index (χ0v) is 28.6. The Balaban J connectivity index is 1.15. The summed E-state index contributed by atoms with van der Waals surface area (Å²) in [6.45, 7) is 0. The van der Waals surface area contributed by atoms with Crippen molar-refractivity contribution in [2.75, 3.05) is 11.9 Å². The Morgan fingerprint density at radius 2 is 0.980 bits per heavy atom. The van der Waals surface area contributed by atoms with E-state index in [1.54, 1.807) is 0 Å². The highest BCUT2D eigenvalue weighted by molar-refractivity contribution is 5.85. The summed E-state index contributed by atoms with van der Waals surface area (Å²) in [5, 5.41) is 0. The predicted molar refractivity (Wildman–Crippen MR) is 210 cm³/mol. The normalized spacial score (nSPS) is 13.1. The molecule has 7 aromatic rings. The van der Waals surface area contributed by atoms with Gasteiger partial charge in [-0.1, -0.05) is 121 Å². The van der Waals surface area contributed by atoms with E-state index in [2.05, 4.69) is 114 Å². The van der Waals surface area contributed by atoms with Crippen molar-refractivity contribution in [3.05, 3.63) is 168 Å². The van der Waals surface area contributed by atoms with Gasteiger partial charge in [0.25, 0.3) is 0 Å². The van der Waals surface area contributed by atoms with Crippen molar-refractivity contribution in [3.63, 3.8) is 0 Å². The number of rotatable bonds is 7. The molecule has 0 bridgehead atoms. The number of benzene rings is 5. The SMILES string of the molecule is CN(c1ccccc1)c1cc(-n2c3c(c4c2C=CCC4)CCC=C3)ccc1-c1ccc(-c2nc(-c3ccccc3)nc(-c3ccccc3)n2)cc1. The highest BCUT2D eigenvalue weighted by atomic mass is 15.1. The Bertz CT molecular complexity index is 2310. The lowest BCUT2D eigenvalue weighted by molar-refractivity contribution is 0.922. The van der Waals surface area contributed by atoms with Gasteiger partial charge in [0.2, 0.25) is 0 Å². The summed E-state index contributed by atoms with van der Waals surface area (Å²) in [5.41, 5.74) is 14.3. The maximum absolute atomic E-state index is 4.95. The topological polar surface area (TPSA) is 46.8 Å². The first kappa shape index (κ1) is 30.7. The molecule has 0 spiro atoms. The zero-order valence-electron chi connectivity index (χ0n) is 28.6. The molecule has 0 N–H and O–H groups in total. The van der Waals surface area contributed by atoms with Gasteiger partial charge >= 0.3 is 0 Å². The fourth-order valence-corrected chi connectivity index (χ4v) is 7.45. The second-order valence-electron chi connectivity index (χ2n) is 13.2. The molecule has 2 aromatic heterocycles. The van der Waals surface area contributed by atoms with Gasteiger partial charge in [0, 0.05) is 52.1 Å². The minimum Gasteiger partial charge on any atom is -0.344 e. The summed E-state index contributed by atoms with van der Waals surface area (Å²) in [4.78, 5) is 17.1. The van der Waals surface area contributed by atoms with Crippen molar-refractivity contribution in [2.45, 2.75) is 25.7 Å². The molecule has 246 valence electrons. The van der Waals surface area contributed by atoms with E-state index in [-0.39, 0.29) is 0 Å². The van der Waals surface area contributed by atoms with Crippen LogP contribution in [0.25, 0.3) is 63.1 Å². The van der Waals surface area contributed by atoms with Crippen LogP contribution in [-0.2, 0) is 12.8 Å². The quantitative estimate of drug-likeness (QED) is 0.171. The van der Waals surface area contributed by atoms with Crippen molar-refractivity contribution in [1.29, 1.82) is 0 Å². The standard InChI is InChI=1S/C46H37N5/c1-50(36-19-9-4-10-20-36)43-31-37(51-41-23-13-11-21-39(41)40-22-12-14-24-42(40)51)29-30-38(43)32-25-27-35(28-26-32)46-48-44(33-15-5-2-6-16-33)47-45(49-46)34-17-7-3-8-18-34/h2-10,13-20,23-31H,11-12,21-22H2,1H3. The van der Waals surface area contributed by atoms with E-state index in [0.29, 0.717) is 17.5 Å². The molecule has 0 aliphatic heterocycles. The third kappa shape index (κ3) is 5.77. The van der Waals surface area contributed by atoms with E-state index in [9.17, 15) is 0 Å². The number of fused-ring (bicyclic) bond motifs is 3. The number of nitrogens with zero attached hydrogens (tertiary/aromatic N) is 5. The van der Waals surface area contributed by atoms with Crippen LogP contribution in [0.4, 0.5) is 11.4 Å². The van der Waals surface area contributed by atoms with Crippen LogP contribution in [-0.4, -0.2) is 26.6 Å². The molecule has 2 heterocycles. The van der Waals surface area contributed by atoms with Gasteiger partial charge in [-0.15, -0.1) is 0 Å². The second kappa shape index (κ2) is 13.2. The maximum atomic E-state index is 4.95. The Morgan fingerprint density at radius 3 is 1.51 bits per heavy atom. The minimum atomic E-state index is 0.648. The summed E-state index contributed by atoms with van der Waals surface area (Å²) in [6, 6.07) is 46.4. The number of hydrogen-bond donors (Lipinski definition) is 0. The average Bonchev–Trinajstić information content (AvgIpc) is 3.56. The van der Waals surface area contributed by atoms with Gasteiger partial charge < -0.3 is 9.47 Å². The van der Waals surface area contributed by atoms with Crippen LogP contribution in [0.5, 0.6) is 0 Å². The van der Waals surface area contributed by atoms with E-state index in [1.165, 1.54) is 28.2 Å². The molecule has 0 fully saturated rings. The average molecular weight is 660 g/mol. The van der Waals surface area contributed by atoms with Gasteiger partial charge in [-0.3, -0.25) is 0 Å². The van der Waals surface area contributed by atoms with Crippen LogP contribution in [0.3, 0.4) is 0 Å². The molecule has 2 aliphatic carbocycles. The molecule has 2 aliphatic rings. The van der Waals surface area contributed by atoms with Crippen LogP contribution in [0.2, 0.25) is 0 Å². The van der Waals surface area contributed by atoms with Gasteiger partial charge in [0.15, 0.2) is 17.5 Å². The summed E-state index contributed by atoms with van der Waals surface area (Å²) < 4.78 is 2.47. The monoisotopic (exact) mass is 659 g/mol. The predicted octanol–water partition coefficient (Wildman–Crippen LogP) is 11.0. The smallest absolute Gasteiger partial charge is 0.164 e. The van der Waals surface area contributed by atoms with E-state index in [4.69, 9.17) is 15.0 Å². The Morgan fingerprint density at radius 1 is 0.510 bits per heavy atom. The summed E-state index contributed by atoms with van der Waals surface area (Å²) in [6.07, 6.45) is 13.7. The minimum absolute atomic E-state index is 0.648. The molecule has 5 nitrogen and oxygen atoms in total. The van der Waals surface area contributed by atoms with Gasteiger partial charge in [-0.05, 0) is 78.8 Å². The lowest BCUT2D eigenvalue weighted by atomic mass is 9.94. The third-order valence-corrected chi connectivity index (χ3v) is 10.0. The van der Waals surface area contributed by atoms with Crippen LogP contribution in [0.1, 0.15) is 35.4 Å². The first-order valence-corrected chi connectivity index (χ1v) is 17.7. The Kier molecular flexibility index (Phi) is 7.94. The lowest BCUT2D eigenvalue weighted by Crippen LogP contribution is -2.12. The van der Waals surface area contributed by atoms with Crippen LogP contribution in [0, 0.1) is 0 Å². The number of allylic oxidation sites excluding steroid dienone is 2. The van der Waals surface area contributed by atoms with Gasteiger partial charge in [-0.2, -0.15) is 0 Å². The number of aromatic nitrogens is 4. The molecule has 5 aromatic carbocycles. The van der Waals surface area contributed by atoms with E-state index in [1.807, 2.05) is 60.7 Å². The fraction of sp³-hybridized carbons (Fsp3) is 0.109. The first-order chi connectivity index (χ1) is 25.2. The maximum Gasteiger partial charge on any atom is 0.164 e. The zero-order chi connectivity index (χ0) is 34.1. The highest BCUT2D eigenvalue weighted by Crippen LogP contribution is 2.40.